The van der Waals surface area contributed by atoms with Crippen molar-refractivity contribution in [1.82, 2.24) is 4.98 Å². The number of Topliss-reactive ketones (excluding diaryl/α,β-unsaturated/α-hetero) is 1. The fourth-order valence-corrected chi connectivity index (χ4v) is 5.58. The van der Waals surface area contributed by atoms with Gasteiger partial charge >= 0.3 is 0 Å². The van der Waals surface area contributed by atoms with Gasteiger partial charge in [0.2, 0.25) is 0 Å². The SMILES string of the molecule is NCC(=O)c1[nH]ccc1C12CC3CC(CC(C3)C1)C2. The minimum absolute atomic E-state index is 0.0655. The molecule has 1 aromatic heterocycles. The molecule has 0 aromatic carbocycles. The van der Waals surface area contributed by atoms with E-state index in [4.69, 9.17) is 5.73 Å². The molecule has 0 unspecified atom stereocenters. The van der Waals surface area contributed by atoms with E-state index >= 15 is 0 Å². The largest absolute Gasteiger partial charge is 0.359 e. The number of hydrogen-bond acceptors (Lipinski definition) is 2. The number of H-pyrrole nitrogens is 1. The van der Waals surface area contributed by atoms with Gasteiger partial charge in [0.15, 0.2) is 5.78 Å². The van der Waals surface area contributed by atoms with Gasteiger partial charge in [0.05, 0.1) is 12.2 Å². The van der Waals surface area contributed by atoms with Gasteiger partial charge in [0.25, 0.3) is 0 Å². The molecule has 1 aromatic rings. The van der Waals surface area contributed by atoms with Crippen LogP contribution in [-0.4, -0.2) is 17.3 Å². The van der Waals surface area contributed by atoms with Crippen molar-refractivity contribution >= 4 is 5.78 Å². The Balaban J connectivity index is 1.76. The Bertz CT molecular complexity index is 481. The number of nitrogens with two attached hydrogens (primary N) is 1. The van der Waals surface area contributed by atoms with Crippen molar-refractivity contribution in [3.63, 3.8) is 0 Å². The normalized spacial score (nSPS) is 39.7. The van der Waals surface area contributed by atoms with E-state index in [0.29, 0.717) is 0 Å². The van der Waals surface area contributed by atoms with Crippen LogP contribution in [0.3, 0.4) is 0 Å². The minimum Gasteiger partial charge on any atom is -0.359 e. The molecule has 3 nitrogen and oxygen atoms in total. The maximum Gasteiger partial charge on any atom is 0.192 e. The van der Waals surface area contributed by atoms with Crippen LogP contribution >= 0.6 is 0 Å². The average Bonchev–Trinajstić information content (AvgIpc) is 2.86. The zero-order chi connectivity index (χ0) is 13.0. The third-order valence-corrected chi connectivity index (χ3v) is 5.82. The van der Waals surface area contributed by atoms with E-state index in [1.54, 1.807) is 0 Å². The van der Waals surface area contributed by atoms with Crippen LogP contribution in [0.1, 0.15) is 54.6 Å². The van der Waals surface area contributed by atoms with E-state index in [9.17, 15) is 4.79 Å². The lowest BCUT2D eigenvalue weighted by Gasteiger charge is -2.57. The monoisotopic (exact) mass is 258 g/mol. The standard InChI is InChI=1S/C16H22N2O/c17-9-14(19)15-13(1-2-18-15)16-6-10-3-11(7-16)5-12(4-10)8-16/h1-2,10-12,18H,3-9,17H2. The Morgan fingerprint density at radius 1 is 1.21 bits per heavy atom. The van der Waals surface area contributed by atoms with Gasteiger partial charge in [-0.15, -0.1) is 0 Å². The third kappa shape index (κ3) is 1.64. The van der Waals surface area contributed by atoms with Crippen LogP contribution in [0, 0.1) is 17.8 Å². The van der Waals surface area contributed by atoms with Crippen molar-refractivity contribution in [2.24, 2.45) is 23.5 Å². The zero-order valence-corrected chi connectivity index (χ0v) is 11.3. The molecule has 4 aliphatic rings. The Kier molecular flexibility index (Phi) is 2.44. The fourth-order valence-electron chi connectivity index (χ4n) is 5.58. The van der Waals surface area contributed by atoms with E-state index in [0.717, 1.165) is 23.4 Å². The summed E-state index contributed by atoms with van der Waals surface area (Å²) >= 11 is 0. The third-order valence-electron chi connectivity index (χ3n) is 5.82. The Labute approximate surface area is 114 Å². The summed E-state index contributed by atoms with van der Waals surface area (Å²) in [6, 6.07) is 2.15. The summed E-state index contributed by atoms with van der Waals surface area (Å²) in [5, 5.41) is 0. The second kappa shape index (κ2) is 3.95. The maximum atomic E-state index is 12.0. The Morgan fingerprint density at radius 3 is 2.32 bits per heavy atom. The number of carbonyl (C=O) groups is 1. The summed E-state index contributed by atoms with van der Waals surface area (Å²) in [6.45, 7) is 0.111. The predicted octanol–water partition coefficient (Wildman–Crippen LogP) is 2.62. The van der Waals surface area contributed by atoms with Crippen molar-refractivity contribution in [2.45, 2.75) is 43.9 Å². The maximum absolute atomic E-state index is 12.0. The van der Waals surface area contributed by atoms with Gasteiger partial charge < -0.3 is 10.7 Å². The first-order valence-electron chi connectivity index (χ1n) is 7.61. The van der Waals surface area contributed by atoms with Crippen molar-refractivity contribution in [3.05, 3.63) is 23.5 Å². The van der Waals surface area contributed by atoms with E-state index in [2.05, 4.69) is 11.1 Å². The summed E-state index contributed by atoms with van der Waals surface area (Å²) in [7, 11) is 0. The number of ketones is 1. The molecule has 102 valence electrons. The first-order valence-corrected chi connectivity index (χ1v) is 7.61. The smallest absolute Gasteiger partial charge is 0.192 e. The molecule has 5 rings (SSSR count). The topological polar surface area (TPSA) is 58.9 Å². The highest BCUT2D eigenvalue weighted by Gasteiger charge is 2.52. The van der Waals surface area contributed by atoms with Crippen LogP contribution in [0.5, 0.6) is 0 Å². The molecule has 0 spiro atoms. The van der Waals surface area contributed by atoms with Gasteiger partial charge in [-0.1, -0.05) is 0 Å². The zero-order valence-electron chi connectivity index (χ0n) is 11.3. The van der Waals surface area contributed by atoms with Crippen LogP contribution in [-0.2, 0) is 5.41 Å². The lowest BCUT2D eigenvalue weighted by molar-refractivity contribution is -0.00545. The number of nitrogens with one attached hydrogen (secondary N) is 1. The minimum atomic E-state index is 0.0655. The molecule has 3 heteroatoms. The molecular weight excluding hydrogens is 236 g/mol. The van der Waals surface area contributed by atoms with Crippen LogP contribution in [0.2, 0.25) is 0 Å². The van der Waals surface area contributed by atoms with Gasteiger partial charge in [-0.05, 0) is 73.3 Å². The number of hydrogen-bond donors (Lipinski definition) is 2. The van der Waals surface area contributed by atoms with E-state index in [1.165, 1.54) is 44.1 Å². The fraction of sp³-hybridized carbons (Fsp3) is 0.688. The quantitative estimate of drug-likeness (QED) is 0.819. The molecule has 0 saturated heterocycles. The highest BCUT2D eigenvalue weighted by Crippen LogP contribution is 2.61. The summed E-state index contributed by atoms with van der Waals surface area (Å²) in [5.41, 5.74) is 7.92. The molecule has 4 fully saturated rings. The summed E-state index contributed by atoms with van der Waals surface area (Å²) in [4.78, 5) is 15.2. The molecule has 3 N–H and O–H groups in total. The number of aromatic nitrogens is 1. The average molecular weight is 258 g/mol. The molecule has 0 radical (unpaired) electrons. The second-order valence-corrected chi connectivity index (χ2v) is 7.09. The predicted molar refractivity (Wildman–Crippen MR) is 74.0 cm³/mol. The summed E-state index contributed by atoms with van der Waals surface area (Å²) in [5.74, 6) is 2.78. The van der Waals surface area contributed by atoms with E-state index < -0.39 is 0 Å². The van der Waals surface area contributed by atoms with E-state index in [-0.39, 0.29) is 17.7 Å². The first-order chi connectivity index (χ1) is 9.20. The van der Waals surface area contributed by atoms with Crippen LogP contribution in [0.4, 0.5) is 0 Å². The van der Waals surface area contributed by atoms with Crippen molar-refractivity contribution in [2.75, 3.05) is 6.54 Å². The molecule has 0 atom stereocenters. The summed E-state index contributed by atoms with van der Waals surface area (Å²) in [6.07, 6.45) is 10.1. The molecule has 0 aliphatic heterocycles. The molecule has 4 saturated carbocycles. The molecular formula is C16H22N2O. The number of carbonyl (C=O) groups excluding carboxylic acids is 1. The number of rotatable bonds is 3. The lowest BCUT2D eigenvalue weighted by atomic mass is 9.48. The molecule has 4 bridgehead atoms. The second-order valence-electron chi connectivity index (χ2n) is 7.09. The van der Waals surface area contributed by atoms with E-state index in [1.807, 2.05) is 6.20 Å². The summed E-state index contributed by atoms with van der Waals surface area (Å²) < 4.78 is 0. The van der Waals surface area contributed by atoms with Crippen molar-refractivity contribution in [3.8, 4) is 0 Å². The highest BCUT2D eigenvalue weighted by molar-refractivity contribution is 5.97. The van der Waals surface area contributed by atoms with Crippen molar-refractivity contribution in [1.29, 1.82) is 0 Å². The lowest BCUT2D eigenvalue weighted by Crippen LogP contribution is -2.49. The molecule has 19 heavy (non-hydrogen) atoms. The van der Waals surface area contributed by atoms with Gasteiger partial charge in [-0.25, -0.2) is 0 Å². The van der Waals surface area contributed by atoms with Gasteiger partial charge in [-0.3, -0.25) is 4.79 Å². The van der Waals surface area contributed by atoms with Gasteiger partial charge in [-0.2, -0.15) is 0 Å². The van der Waals surface area contributed by atoms with Crippen molar-refractivity contribution < 1.29 is 4.79 Å². The first kappa shape index (κ1) is 11.7. The Hall–Kier alpha value is -1.09. The molecule has 1 heterocycles. The Morgan fingerprint density at radius 2 is 1.79 bits per heavy atom. The van der Waals surface area contributed by atoms with Crippen LogP contribution < -0.4 is 5.73 Å². The number of aromatic amines is 1. The van der Waals surface area contributed by atoms with Gasteiger partial charge in [0, 0.05) is 6.20 Å². The molecule has 4 aliphatic carbocycles. The highest BCUT2D eigenvalue weighted by atomic mass is 16.1. The van der Waals surface area contributed by atoms with Crippen LogP contribution in [0.15, 0.2) is 12.3 Å². The van der Waals surface area contributed by atoms with Crippen LogP contribution in [0.25, 0.3) is 0 Å². The molecule has 0 amide bonds. The van der Waals surface area contributed by atoms with Gasteiger partial charge in [0.1, 0.15) is 0 Å².